The number of carboxylic acids is 1. The van der Waals surface area contributed by atoms with Gasteiger partial charge in [0.15, 0.2) is 0 Å². The van der Waals surface area contributed by atoms with Gasteiger partial charge in [0, 0.05) is 63.9 Å². The minimum atomic E-state index is -1.20. The Morgan fingerprint density at radius 1 is 1.41 bits per heavy atom. The minimum Gasteiger partial charge on any atom is -0.478 e. The van der Waals surface area contributed by atoms with Crippen molar-refractivity contribution in [3.63, 3.8) is 0 Å². The van der Waals surface area contributed by atoms with Crippen LogP contribution in [0.3, 0.4) is 0 Å². The van der Waals surface area contributed by atoms with Crippen molar-refractivity contribution in [3.05, 3.63) is 39.0 Å². The summed E-state index contributed by atoms with van der Waals surface area (Å²) in [5, 5.41) is 10.7. The first kappa shape index (κ1) is 17.6. The van der Waals surface area contributed by atoms with Crippen LogP contribution < -0.4 is 5.43 Å². The van der Waals surface area contributed by atoms with Crippen LogP contribution in [0.1, 0.15) is 15.9 Å². The van der Waals surface area contributed by atoms with Crippen molar-refractivity contribution >= 4 is 27.5 Å². The molecule has 3 heterocycles. The number of hydrogen-bond acceptors (Lipinski definition) is 6. The largest absolute Gasteiger partial charge is 0.478 e. The summed E-state index contributed by atoms with van der Waals surface area (Å²) in [4.78, 5) is 30.3. The number of morpholine rings is 1. The van der Waals surface area contributed by atoms with E-state index in [4.69, 9.17) is 9.84 Å². The molecule has 113 valence electrons. The van der Waals surface area contributed by atoms with Gasteiger partial charge < -0.3 is 9.84 Å². The number of pyridine rings is 1. The number of ether oxygens (including phenoxy) is 1. The summed E-state index contributed by atoms with van der Waals surface area (Å²) < 4.78 is 5.30. The van der Waals surface area contributed by atoms with Crippen LogP contribution in [0.4, 0.5) is 0 Å². The minimum absolute atomic E-state index is 0. The number of carbonyl (C=O) groups is 1. The van der Waals surface area contributed by atoms with Crippen LogP contribution in [0.25, 0.3) is 10.2 Å². The molecular formula is C14H14N2O4SY. The molecular weight excluding hydrogens is 381 g/mol. The molecule has 2 aromatic heterocycles. The van der Waals surface area contributed by atoms with E-state index in [2.05, 4.69) is 9.88 Å². The summed E-state index contributed by atoms with van der Waals surface area (Å²) in [6.07, 6.45) is 1.74. The molecule has 0 amide bonds. The molecule has 22 heavy (non-hydrogen) atoms. The van der Waals surface area contributed by atoms with Gasteiger partial charge in [-0.15, -0.1) is 11.3 Å². The van der Waals surface area contributed by atoms with Gasteiger partial charge in [0.1, 0.15) is 10.4 Å². The molecule has 0 atom stereocenters. The molecule has 0 unspecified atom stereocenters. The second-order valence-corrected chi connectivity index (χ2v) is 5.73. The number of aromatic nitrogens is 1. The van der Waals surface area contributed by atoms with Gasteiger partial charge in [-0.25, -0.2) is 9.78 Å². The van der Waals surface area contributed by atoms with Crippen LogP contribution in [0, 0.1) is 0 Å². The SMILES string of the molecule is O=C(O)c1csc2ncc(CN3CCOCC3)cc2c1=O.[Y]. The first-order valence-electron chi connectivity index (χ1n) is 6.59. The van der Waals surface area contributed by atoms with Gasteiger partial charge in [-0.2, -0.15) is 0 Å². The van der Waals surface area contributed by atoms with E-state index in [1.165, 1.54) is 16.7 Å². The van der Waals surface area contributed by atoms with Crippen LogP contribution in [-0.2, 0) is 44.0 Å². The molecule has 3 rings (SSSR count). The molecule has 8 heteroatoms. The third-order valence-electron chi connectivity index (χ3n) is 3.43. The van der Waals surface area contributed by atoms with Gasteiger partial charge in [0.05, 0.1) is 18.6 Å². The van der Waals surface area contributed by atoms with E-state index in [1.54, 1.807) is 12.3 Å². The predicted molar refractivity (Wildman–Crippen MR) is 78.9 cm³/mol. The van der Waals surface area contributed by atoms with E-state index < -0.39 is 11.4 Å². The first-order valence-corrected chi connectivity index (χ1v) is 7.47. The standard InChI is InChI=1S/C14H14N2O4S.Y/c17-12-10-5-9(7-16-1-3-20-4-2-16)6-15-13(10)21-8-11(12)14(18)19;/h5-6,8H,1-4,7H2,(H,18,19);. The van der Waals surface area contributed by atoms with E-state index in [0.29, 0.717) is 30.0 Å². The summed E-state index contributed by atoms with van der Waals surface area (Å²) in [6.45, 7) is 3.80. The van der Waals surface area contributed by atoms with Crippen molar-refractivity contribution in [1.29, 1.82) is 0 Å². The molecule has 1 saturated heterocycles. The summed E-state index contributed by atoms with van der Waals surface area (Å²) in [6, 6.07) is 1.75. The molecule has 2 aromatic rings. The second kappa shape index (κ2) is 7.70. The smallest absolute Gasteiger partial charge is 0.340 e. The Balaban J connectivity index is 0.00000176. The topological polar surface area (TPSA) is 79.7 Å². The summed E-state index contributed by atoms with van der Waals surface area (Å²) in [5.41, 5.74) is 0.252. The van der Waals surface area contributed by atoms with Gasteiger partial charge in [-0.1, -0.05) is 0 Å². The Morgan fingerprint density at radius 3 is 2.82 bits per heavy atom. The van der Waals surface area contributed by atoms with Crippen LogP contribution in [0.2, 0.25) is 0 Å². The molecule has 1 radical (unpaired) electrons. The Hall–Kier alpha value is -0.726. The molecule has 1 aliphatic heterocycles. The maximum atomic E-state index is 12.2. The zero-order valence-corrected chi connectivity index (χ0v) is 15.5. The average Bonchev–Trinajstić information content (AvgIpc) is 2.49. The molecule has 0 aromatic carbocycles. The van der Waals surface area contributed by atoms with Crippen molar-refractivity contribution in [2.75, 3.05) is 26.3 Å². The Kier molecular flexibility index (Phi) is 6.17. The van der Waals surface area contributed by atoms with Crippen molar-refractivity contribution in [1.82, 2.24) is 9.88 Å². The number of rotatable bonds is 3. The van der Waals surface area contributed by atoms with Crippen molar-refractivity contribution in [3.8, 4) is 0 Å². The van der Waals surface area contributed by atoms with Gasteiger partial charge in [0.2, 0.25) is 5.43 Å². The van der Waals surface area contributed by atoms with Gasteiger partial charge in [-0.3, -0.25) is 9.69 Å². The van der Waals surface area contributed by atoms with Crippen LogP contribution in [0.5, 0.6) is 0 Å². The van der Waals surface area contributed by atoms with E-state index in [0.717, 1.165) is 18.7 Å². The van der Waals surface area contributed by atoms with Crippen LogP contribution in [0.15, 0.2) is 22.4 Å². The fourth-order valence-corrected chi connectivity index (χ4v) is 3.15. The monoisotopic (exact) mass is 395 g/mol. The molecule has 0 saturated carbocycles. The number of carboxylic acid groups (broad SMARTS) is 1. The van der Waals surface area contributed by atoms with Gasteiger partial charge in [0.25, 0.3) is 0 Å². The Labute approximate surface area is 156 Å². The molecule has 6 nitrogen and oxygen atoms in total. The molecule has 0 spiro atoms. The molecule has 1 fully saturated rings. The summed E-state index contributed by atoms with van der Waals surface area (Å²) in [7, 11) is 0. The third-order valence-corrected chi connectivity index (χ3v) is 4.33. The normalized spacial score (nSPS) is 15.5. The zero-order valence-electron chi connectivity index (χ0n) is 11.8. The third kappa shape index (κ3) is 3.78. The molecule has 1 aliphatic rings. The number of nitrogens with zero attached hydrogens (tertiary/aromatic N) is 2. The van der Waals surface area contributed by atoms with Gasteiger partial charge in [-0.05, 0) is 11.6 Å². The average molecular weight is 395 g/mol. The maximum absolute atomic E-state index is 12.2. The van der Waals surface area contributed by atoms with Crippen LogP contribution >= 0.6 is 11.3 Å². The maximum Gasteiger partial charge on any atom is 0.340 e. The van der Waals surface area contributed by atoms with E-state index in [1.807, 2.05) is 0 Å². The fourth-order valence-electron chi connectivity index (χ4n) is 2.32. The predicted octanol–water partition coefficient (Wildman–Crippen LogP) is 1.18. The Bertz CT molecular complexity index is 743. The second-order valence-electron chi connectivity index (χ2n) is 4.87. The fraction of sp³-hybridized carbons (Fsp3) is 0.357. The number of fused-ring (bicyclic) bond motifs is 1. The van der Waals surface area contributed by atoms with E-state index >= 15 is 0 Å². The summed E-state index contributed by atoms with van der Waals surface area (Å²) in [5.74, 6) is -1.20. The quantitative estimate of drug-likeness (QED) is 0.841. The van der Waals surface area contributed by atoms with E-state index in [-0.39, 0.29) is 38.3 Å². The van der Waals surface area contributed by atoms with Crippen molar-refractivity contribution in [2.24, 2.45) is 0 Å². The van der Waals surface area contributed by atoms with Crippen molar-refractivity contribution in [2.45, 2.75) is 6.54 Å². The molecule has 1 N–H and O–H groups in total. The summed E-state index contributed by atoms with van der Waals surface area (Å²) >= 11 is 1.18. The molecule has 0 bridgehead atoms. The Morgan fingerprint density at radius 2 is 2.14 bits per heavy atom. The number of aromatic carboxylic acids is 1. The first-order chi connectivity index (χ1) is 10.1. The van der Waals surface area contributed by atoms with Gasteiger partial charge >= 0.3 is 5.97 Å². The van der Waals surface area contributed by atoms with Crippen LogP contribution in [-0.4, -0.2) is 47.3 Å². The van der Waals surface area contributed by atoms with Crippen molar-refractivity contribution < 1.29 is 47.3 Å². The molecule has 0 aliphatic carbocycles. The number of hydrogen-bond donors (Lipinski definition) is 1. The van der Waals surface area contributed by atoms with E-state index in [9.17, 15) is 9.59 Å². The zero-order chi connectivity index (χ0) is 14.8.